The first-order valence-electron chi connectivity index (χ1n) is 8.61. The first-order chi connectivity index (χ1) is 13.2. The van der Waals surface area contributed by atoms with E-state index < -0.39 is 11.9 Å². The second kappa shape index (κ2) is 6.08. The lowest BCUT2D eigenvalue weighted by Gasteiger charge is -2.28. The van der Waals surface area contributed by atoms with Crippen molar-refractivity contribution in [2.45, 2.75) is 24.8 Å². The van der Waals surface area contributed by atoms with Gasteiger partial charge in [0.15, 0.2) is 5.78 Å². The van der Waals surface area contributed by atoms with Crippen molar-refractivity contribution in [3.63, 3.8) is 0 Å². The van der Waals surface area contributed by atoms with Crippen molar-refractivity contribution in [2.24, 2.45) is 0 Å². The number of nitrogens with one attached hydrogen (secondary N) is 2. The number of fused-ring (bicyclic) bond motifs is 1. The summed E-state index contributed by atoms with van der Waals surface area (Å²) in [5, 5.41) is 13.9. The Kier molecular flexibility index (Phi) is 3.56. The van der Waals surface area contributed by atoms with Gasteiger partial charge in [0, 0.05) is 29.2 Å². The molecular formula is C19H15FN4O3. The van der Waals surface area contributed by atoms with E-state index in [-0.39, 0.29) is 18.1 Å². The average Bonchev–Trinajstić information content (AvgIpc) is 3.31. The number of carbonyl (C=O) groups excluding carboxylic acids is 1. The number of furan rings is 1. The molecule has 7 nitrogen and oxygen atoms in total. The number of anilines is 2. The molecule has 5 rings (SSSR count). The minimum absolute atomic E-state index is 0.0759. The van der Waals surface area contributed by atoms with Crippen molar-refractivity contribution in [1.29, 1.82) is 0 Å². The smallest absolute Gasteiger partial charge is 0.219 e. The van der Waals surface area contributed by atoms with E-state index in [1.54, 1.807) is 30.5 Å². The third-order valence-corrected chi connectivity index (χ3v) is 5.00. The van der Waals surface area contributed by atoms with Crippen molar-refractivity contribution in [2.75, 3.05) is 10.6 Å². The van der Waals surface area contributed by atoms with Gasteiger partial charge in [0.05, 0.1) is 12.3 Å². The molecule has 2 N–H and O–H groups in total. The van der Waals surface area contributed by atoms with E-state index >= 15 is 0 Å². The highest BCUT2D eigenvalue weighted by molar-refractivity contribution is 6.00. The largest absolute Gasteiger partial charge is 0.469 e. The summed E-state index contributed by atoms with van der Waals surface area (Å²) in [7, 11) is 0. The SMILES string of the molecule is O=C1C[C@@H](c2ccco2)CC2=C1[C@@H](c1ccccc1F)Nc1nonc1N2. The molecule has 2 aromatic heterocycles. The van der Waals surface area contributed by atoms with Gasteiger partial charge in [0.25, 0.3) is 0 Å². The van der Waals surface area contributed by atoms with Crippen LogP contribution in [0.4, 0.5) is 16.0 Å². The molecule has 27 heavy (non-hydrogen) atoms. The lowest BCUT2D eigenvalue weighted by Crippen LogP contribution is -2.27. The van der Waals surface area contributed by atoms with Gasteiger partial charge in [-0.05, 0) is 34.9 Å². The number of nitrogens with zero attached hydrogens (tertiary/aromatic N) is 2. The zero-order chi connectivity index (χ0) is 18.4. The monoisotopic (exact) mass is 366 g/mol. The van der Waals surface area contributed by atoms with Gasteiger partial charge in [0.1, 0.15) is 11.6 Å². The number of ketones is 1. The molecule has 2 atom stereocenters. The second-order valence-electron chi connectivity index (χ2n) is 6.62. The van der Waals surface area contributed by atoms with E-state index in [1.165, 1.54) is 6.07 Å². The van der Waals surface area contributed by atoms with Gasteiger partial charge < -0.3 is 15.1 Å². The molecule has 8 heteroatoms. The maximum Gasteiger partial charge on any atom is 0.219 e. The fraction of sp³-hybridized carbons (Fsp3) is 0.211. The molecule has 0 bridgehead atoms. The fourth-order valence-corrected chi connectivity index (χ4v) is 3.77. The van der Waals surface area contributed by atoms with E-state index in [0.29, 0.717) is 34.9 Å². The van der Waals surface area contributed by atoms with Crippen molar-refractivity contribution >= 4 is 17.4 Å². The highest BCUT2D eigenvalue weighted by Gasteiger charge is 2.38. The van der Waals surface area contributed by atoms with Gasteiger partial charge in [-0.15, -0.1) is 0 Å². The zero-order valence-electron chi connectivity index (χ0n) is 14.1. The molecule has 0 spiro atoms. The summed E-state index contributed by atoms with van der Waals surface area (Å²) in [6.07, 6.45) is 2.41. The summed E-state index contributed by atoms with van der Waals surface area (Å²) in [4.78, 5) is 13.1. The molecule has 0 saturated heterocycles. The minimum atomic E-state index is -0.688. The Morgan fingerprint density at radius 2 is 1.93 bits per heavy atom. The first kappa shape index (κ1) is 15.8. The molecule has 1 aliphatic carbocycles. The molecular weight excluding hydrogens is 351 g/mol. The van der Waals surface area contributed by atoms with Gasteiger partial charge in [-0.3, -0.25) is 4.79 Å². The Balaban J connectivity index is 1.64. The predicted octanol–water partition coefficient (Wildman–Crippen LogP) is 3.78. The average molecular weight is 366 g/mol. The van der Waals surface area contributed by atoms with Crippen LogP contribution in [0.15, 0.2) is 63.0 Å². The number of aromatic nitrogens is 2. The van der Waals surface area contributed by atoms with E-state index in [2.05, 4.69) is 20.9 Å². The number of benzene rings is 1. The first-order valence-corrected chi connectivity index (χ1v) is 8.61. The summed E-state index contributed by atoms with van der Waals surface area (Å²) < 4.78 is 24.8. The molecule has 3 heterocycles. The van der Waals surface area contributed by atoms with Crippen LogP contribution in [-0.4, -0.2) is 16.1 Å². The third-order valence-electron chi connectivity index (χ3n) is 5.00. The van der Waals surface area contributed by atoms with E-state index in [9.17, 15) is 9.18 Å². The van der Waals surface area contributed by atoms with E-state index in [4.69, 9.17) is 9.05 Å². The Bertz CT molecular complexity index is 1040. The van der Waals surface area contributed by atoms with Crippen LogP contribution in [0.1, 0.15) is 36.1 Å². The molecule has 0 saturated carbocycles. The van der Waals surface area contributed by atoms with Gasteiger partial charge >= 0.3 is 0 Å². The maximum atomic E-state index is 14.5. The molecule has 2 aliphatic rings. The number of allylic oxidation sites excluding steroid dienone is 1. The summed E-state index contributed by atoms with van der Waals surface area (Å²) in [5.41, 5.74) is 1.53. The normalized spacial score (nSPS) is 21.7. The maximum absolute atomic E-state index is 14.5. The topological polar surface area (TPSA) is 93.2 Å². The number of halogens is 1. The van der Waals surface area contributed by atoms with Crippen molar-refractivity contribution in [1.82, 2.24) is 10.3 Å². The Labute approximate surface area is 153 Å². The molecule has 3 aromatic rings. The summed E-state index contributed by atoms with van der Waals surface area (Å²) in [5.74, 6) is 0.876. The van der Waals surface area contributed by atoms with Crippen molar-refractivity contribution < 1.29 is 18.2 Å². The Hall–Kier alpha value is -3.42. The van der Waals surface area contributed by atoms with Crippen LogP contribution in [-0.2, 0) is 4.79 Å². The number of carbonyl (C=O) groups is 1. The van der Waals surface area contributed by atoms with Crippen LogP contribution in [0, 0.1) is 5.82 Å². The van der Waals surface area contributed by atoms with Crippen LogP contribution < -0.4 is 10.6 Å². The number of hydrogen-bond donors (Lipinski definition) is 2. The fourth-order valence-electron chi connectivity index (χ4n) is 3.77. The summed E-state index contributed by atoms with van der Waals surface area (Å²) >= 11 is 0. The number of hydrogen-bond acceptors (Lipinski definition) is 7. The summed E-state index contributed by atoms with van der Waals surface area (Å²) in [6, 6.07) is 9.34. The van der Waals surface area contributed by atoms with Crippen LogP contribution in [0.2, 0.25) is 0 Å². The molecule has 1 aromatic carbocycles. The second-order valence-corrected chi connectivity index (χ2v) is 6.62. The number of rotatable bonds is 2. The predicted molar refractivity (Wildman–Crippen MR) is 93.4 cm³/mol. The molecule has 0 unspecified atom stereocenters. The summed E-state index contributed by atoms with van der Waals surface area (Å²) in [6.45, 7) is 0. The van der Waals surface area contributed by atoms with Crippen LogP contribution in [0.3, 0.4) is 0 Å². The molecule has 136 valence electrons. The quantitative estimate of drug-likeness (QED) is 0.713. The van der Waals surface area contributed by atoms with Gasteiger partial charge in [0.2, 0.25) is 11.6 Å². The van der Waals surface area contributed by atoms with Gasteiger partial charge in [-0.1, -0.05) is 18.2 Å². The Morgan fingerprint density at radius 3 is 2.74 bits per heavy atom. The highest BCUT2D eigenvalue weighted by Crippen LogP contribution is 2.43. The highest BCUT2D eigenvalue weighted by atomic mass is 19.1. The number of Topliss-reactive ketones (excluding diaryl/α,β-unsaturated/α-hetero) is 1. The van der Waals surface area contributed by atoms with Crippen LogP contribution >= 0.6 is 0 Å². The van der Waals surface area contributed by atoms with Crippen molar-refractivity contribution in [3.8, 4) is 0 Å². The van der Waals surface area contributed by atoms with E-state index in [0.717, 1.165) is 5.76 Å². The van der Waals surface area contributed by atoms with Crippen molar-refractivity contribution in [3.05, 3.63) is 71.1 Å². The van der Waals surface area contributed by atoms with Crippen LogP contribution in [0.5, 0.6) is 0 Å². The standard InChI is InChI=1S/C19H15FN4O3/c20-12-5-2-1-4-11(12)17-16-13(21-18-19(22-17)24-27-23-18)8-10(9-14(16)25)15-6-3-7-26-15/h1-7,10,17H,8-9H2,(H,21,23)(H,22,24)/t10-,17+/m0/s1. The minimum Gasteiger partial charge on any atom is -0.469 e. The lowest BCUT2D eigenvalue weighted by atomic mass is 9.80. The molecule has 0 radical (unpaired) electrons. The van der Waals surface area contributed by atoms with Gasteiger partial charge in [-0.2, -0.15) is 0 Å². The van der Waals surface area contributed by atoms with Gasteiger partial charge in [-0.25, -0.2) is 9.02 Å². The molecule has 0 amide bonds. The third kappa shape index (κ3) is 2.61. The zero-order valence-corrected chi connectivity index (χ0v) is 14.1. The van der Waals surface area contributed by atoms with E-state index in [1.807, 2.05) is 6.07 Å². The molecule has 1 aliphatic heterocycles. The molecule has 0 fully saturated rings. The Morgan fingerprint density at radius 1 is 1.07 bits per heavy atom. The van der Waals surface area contributed by atoms with Crippen LogP contribution in [0.25, 0.3) is 0 Å². The lowest BCUT2D eigenvalue weighted by molar-refractivity contribution is -0.116.